The van der Waals surface area contributed by atoms with Crippen molar-refractivity contribution in [3.63, 3.8) is 0 Å². The molecular formula is C21H17F3N4O4. The summed E-state index contributed by atoms with van der Waals surface area (Å²) >= 11 is 0. The highest BCUT2D eigenvalue weighted by atomic mass is 19.4. The second-order valence-electron chi connectivity index (χ2n) is 6.98. The summed E-state index contributed by atoms with van der Waals surface area (Å²) in [5, 5.41) is 4.20. The number of rotatable bonds is 5. The highest BCUT2D eigenvalue weighted by Crippen LogP contribution is 2.29. The summed E-state index contributed by atoms with van der Waals surface area (Å²) in [7, 11) is 0. The third-order valence-electron chi connectivity index (χ3n) is 4.89. The first-order chi connectivity index (χ1) is 15.2. The van der Waals surface area contributed by atoms with Crippen molar-refractivity contribution in [3.05, 3.63) is 80.4 Å². The Kier molecular flexibility index (Phi) is 5.33. The molecule has 0 aliphatic rings. The summed E-state index contributed by atoms with van der Waals surface area (Å²) in [5.41, 5.74) is -1.19. The number of esters is 1. The quantitative estimate of drug-likeness (QED) is 0.347. The molecule has 4 rings (SSSR count). The van der Waals surface area contributed by atoms with Gasteiger partial charge in [-0.25, -0.2) is 9.08 Å². The number of benzene rings is 2. The predicted molar refractivity (Wildman–Crippen MR) is 108 cm³/mol. The number of nitrogens with zero attached hydrogens (tertiary/aromatic N) is 4. The fourth-order valence-corrected chi connectivity index (χ4v) is 3.45. The second-order valence-corrected chi connectivity index (χ2v) is 6.98. The van der Waals surface area contributed by atoms with Gasteiger partial charge in [0.05, 0.1) is 29.7 Å². The van der Waals surface area contributed by atoms with Gasteiger partial charge in [-0.2, -0.15) is 13.2 Å². The van der Waals surface area contributed by atoms with Crippen molar-refractivity contribution in [2.45, 2.75) is 26.2 Å². The summed E-state index contributed by atoms with van der Waals surface area (Å²) in [5.74, 6) is -0.656. The molecule has 0 spiro atoms. The summed E-state index contributed by atoms with van der Waals surface area (Å²) in [4.78, 5) is 37.2. The first kappa shape index (κ1) is 21.3. The monoisotopic (exact) mass is 446 g/mol. The van der Waals surface area contributed by atoms with Crippen LogP contribution in [-0.4, -0.2) is 31.3 Å². The molecule has 0 bridgehead atoms. The number of ether oxygens (including phenoxy) is 1. The molecule has 0 unspecified atom stereocenters. The number of carbonyl (C=O) groups excluding carboxylic acids is 1. The summed E-state index contributed by atoms with van der Waals surface area (Å²) in [6.45, 7) is 1.25. The maximum atomic E-state index is 12.9. The van der Waals surface area contributed by atoms with Gasteiger partial charge in [0.15, 0.2) is 0 Å². The van der Waals surface area contributed by atoms with E-state index in [1.54, 1.807) is 35.8 Å². The fraction of sp³-hybridized carbons (Fsp3) is 0.238. The van der Waals surface area contributed by atoms with Gasteiger partial charge < -0.3 is 9.30 Å². The topological polar surface area (TPSA) is 87.6 Å². The molecule has 2 aromatic heterocycles. The minimum atomic E-state index is -4.45. The summed E-state index contributed by atoms with van der Waals surface area (Å²) in [6, 6.07) is 11.3. The van der Waals surface area contributed by atoms with E-state index in [4.69, 9.17) is 4.74 Å². The van der Waals surface area contributed by atoms with Crippen molar-refractivity contribution in [1.29, 1.82) is 0 Å². The predicted octanol–water partition coefficient (Wildman–Crippen LogP) is 2.44. The third-order valence-corrected chi connectivity index (χ3v) is 4.89. The highest BCUT2D eigenvalue weighted by molar-refractivity contribution is 5.80. The molecule has 0 fully saturated rings. The van der Waals surface area contributed by atoms with E-state index < -0.39 is 35.4 Å². The van der Waals surface area contributed by atoms with Crippen molar-refractivity contribution in [2.24, 2.45) is 0 Å². The normalized spacial score (nSPS) is 11.9. The minimum Gasteiger partial charge on any atom is -0.465 e. The van der Waals surface area contributed by atoms with Gasteiger partial charge in [-0.15, -0.1) is 5.10 Å². The van der Waals surface area contributed by atoms with Crippen molar-refractivity contribution in [3.8, 4) is 0 Å². The first-order valence-electron chi connectivity index (χ1n) is 9.63. The second kappa shape index (κ2) is 7.98. The Morgan fingerprint density at radius 2 is 1.66 bits per heavy atom. The summed E-state index contributed by atoms with van der Waals surface area (Å²) in [6.07, 6.45) is -4.45. The van der Waals surface area contributed by atoms with Crippen molar-refractivity contribution in [2.75, 3.05) is 6.61 Å². The van der Waals surface area contributed by atoms with Crippen LogP contribution < -0.4 is 11.1 Å². The Morgan fingerprint density at radius 3 is 2.28 bits per heavy atom. The van der Waals surface area contributed by atoms with Crippen LogP contribution in [0.4, 0.5) is 13.2 Å². The Labute approximate surface area is 178 Å². The van der Waals surface area contributed by atoms with Crippen LogP contribution in [-0.2, 0) is 28.8 Å². The standard InChI is InChI=1S/C21H17F3N4O4/c1-2-32-17(29)12-27-18(30)19(31)28-16-6-4-3-5-15(16)26(20(28)25-27)11-13-7-9-14(10-8-13)21(22,23)24/h3-10H,2,11-12H2,1H3. The lowest BCUT2D eigenvalue weighted by atomic mass is 10.1. The molecule has 2 heterocycles. The maximum Gasteiger partial charge on any atom is 0.416 e. The van der Waals surface area contributed by atoms with Crippen LogP contribution >= 0.6 is 0 Å². The SMILES string of the molecule is CCOC(=O)Cn1nc2n(Cc3ccc(C(F)(F)F)cc3)c3ccccc3n2c(=O)c1=O. The van der Waals surface area contributed by atoms with E-state index >= 15 is 0 Å². The molecule has 0 saturated carbocycles. The van der Waals surface area contributed by atoms with Crippen LogP contribution in [0, 0.1) is 0 Å². The Morgan fingerprint density at radius 1 is 1.00 bits per heavy atom. The number of halogens is 3. The van der Waals surface area contributed by atoms with Crippen molar-refractivity contribution in [1.82, 2.24) is 18.7 Å². The van der Waals surface area contributed by atoms with Crippen LogP contribution in [0.15, 0.2) is 58.1 Å². The van der Waals surface area contributed by atoms with E-state index in [0.717, 1.165) is 21.2 Å². The smallest absolute Gasteiger partial charge is 0.416 e. The number of para-hydroxylation sites is 2. The van der Waals surface area contributed by atoms with Crippen LogP contribution in [0.3, 0.4) is 0 Å². The van der Waals surface area contributed by atoms with E-state index in [1.807, 2.05) is 0 Å². The fourth-order valence-electron chi connectivity index (χ4n) is 3.45. The Bertz CT molecular complexity index is 1430. The van der Waals surface area contributed by atoms with E-state index in [0.29, 0.717) is 16.6 Å². The molecule has 32 heavy (non-hydrogen) atoms. The number of alkyl halides is 3. The molecule has 2 aromatic carbocycles. The van der Waals surface area contributed by atoms with Crippen molar-refractivity contribution < 1.29 is 22.7 Å². The summed E-state index contributed by atoms with van der Waals surface area (Å²) < 4.78 is 46.9. The zero-order chi connectivity index (χ0) is 23.0. The molecule has 166 valence electrons. The average molecular weight is 446 g/mol. The van der Waals surface area contributed by atoms with Gasteiger partial charge in [0.1, 0.15) is 6.54 Å². The van der Waals surface area contributed by atoms with Gasteiger partial charge in [-0.05, 0) is 36.8 Å². The molecule has 4 aromatic rings. The lowest BCUT2D eigenvalue weighted by molar-refractivity contribution is -0.144. The van der Waals surface area contributed by atoms with E-state index in [2.05, 4.69) is 5.10 Å². The van der Waals surface area contributed by atoms with Crippen LogP contribution in [0.5, 0.6) is 0 Å². The van der Waals surface area contributed by atoms with Crippen LogP contribution in [0.2, 0.25) is 0 Å². The zero-order valence-corrected chi connectivity index (χ0v) is 16.8. The molecule has 0 aliphatic heterocycles. The third kappa shape index (κ3) is 3.77. The number of fused-ring (bicyclic) bond motifs is 3. The molecule has 0 saturated heterocycles. The van der Waals surface area contributed by atoms with Crippen LogP contribution in [0.1, 0.15) is 18.1 Å². The largest absolute Gasteiger partial charge is 0.465 e. The number of hydrogen-bond donors (Lipinski definition) is 0. The number of imidazole rings is 1. The van der Waals surface area contributed by atoms with E-state index in [1.165, 1.54) is 12.1 Å². The number of hydrogen-bond acceptors (Lipinski definition) is 5. The molecule has 0 atom stereocenters. The molecule has 0 N–H and O–H groups in total. The van der Waals surface area contributed by atoms with Crippen LogP contribution in [0.25, 0.3) is 16.8 Å². The number of carbonyl (C=O) groups is 1. The van der Waals surface area contributed by atoms with Crippen molar-refractivity contribution >= 4 is 22.8 Å². The molecule has 0 aliphatic carbocycles. The van der Waals surface area contributed by atoms with Gasteiger partial charge in [0, 0.05) is 0 Å². The molecule has 0 radical (unpaired) electrons. The maximum absolute atomic E-state index is 12.9. The number of aromatic nitrogens is 4. The van der Waals surface area contributed by atoms with Gasteiger partial charge in [-0.3, -0.25) is 14.4 Å². The van der Waals surface area contributed by atoms with Gasteiger partial charge >= 0.3 is 23.3 Å². The Balaban J connectivity index is 1.89. The first-order valence-corrected chi connectivity index (χ1v) is 9.63. The highest BCUT2D eigenvalue weighted by Gasteiger charge is 2.30. The van der Waals surface area contributed by atoms with E-state index in [9.17, 15) is 27.6 Å². The lowest BCUT2D eigenvalue weighted by Gasteiger charge is -2.10. The van der Waals surface area contributed by atoms with Gasteiger partial charge in [0.2, 0.25) is 5.78 Å². The lowest BCUT2D eigenvalue weighted by Crippen LogP contribution is -2.42. The van der Waals surface area contributed by atoms with E-state index in [-0.39, 0.29) is 18.9 Å². The molecule has 0 amide bonds. The minimum absolute atomic E-state index is 0.0694. The van der Waals surface area contributed by atoms with Gasteiger partial charge in [0.25, 0.3) is 0 Å². The molecule has 11 heteroatoms. The zero-order valence-electron chi connectivity index (χ0n) is 16.8. The molecular weight excluding hydrogens is 429 g/mol. The molecule has 8 nitrogen and oxygen atoms in total. The van der Waals surface area contributed by atoms with Gasteiger partial charge in [-0.1, -0.05) is 24.3 Å². The Hall–Kier alpha value is -3.89. The average Bonchev–Trinajstić information content (AvgIpc) is 3.05.